The van der Waals surface area contributed by atoms with Crippen molar-refractivity contribution in [1.29, 1.82) is 0 Å². The first-order valence-electron chi connectivity index (χ1n) is 4.56. The molecule has 0 aliphatic rings. The van der Waals surface area contributed by atoms with Crippen molar-refractivity contribution in [2.45, 2.75) is 32.9 Å². The molecule has 0 aliphatic carbocycles. The third kappa shape index (κ3) is 4.22. The quantitative estimate of drug-likeness (QED) is 0.670. The van der Waals surface area contributed by atoms with Gasteiger partial charge < -0.3 is 14.2 Å². The van der Waals surface area contributed by atoms with Crippen LogP contribution in [-0.2, 0) is 18.4 Å². The number of rotatable bonds is 7. The van der Waals surface area contributed by atoms with Gasteiger partial charge in [-0.3, -0.25) is 9.36 Å². The third-order valence-corrected chi connectivity index (χ3v) is 4.13. The van der Waals surface area contributed by atoms with Crippen LogP contribution in [0.15, 0.2) is 0 Å². The van der Waals surface area contributed by atoms with Crippen molar-refractivity contribution in [2.75, 3.05) is 13.2 Å². The lowest BCUT2D eigenvalue weighted by atomic mass is 10.3. The fourth-order valence-corrected chi connectivity index (χ4v) is 2.70. The van der Waals surface area contributed by atoms with Gasteiger partial charge >= 0.3 is 13.6 Å². The first-order valence-corrected chi connectivity index (χ1v) is 6.18. The molecule has 1 N–H and O–H groups in total. The zero-order valence-corrected chi connectivity index (χ0v) is 9.62. The molecule has 0 saturated heterocycles. The van der Waals surface area contributed by atoms with E-state index in [9.17, 15) is 9.36 Å². The molecule has 0 spiro atoms. The average Bonchev–Trinajstić information content (AvgIpc) is 2.03. The van der Waals surface area contributed by atoms with Gasteiger partial charge in [-0.05, 0) is 13.8 Å². The molecule has 1 atom stereocenters. The maximum absolute atomic E-state index is 11.9. The largest absolute Gasteiger partial charge is 0.481 e. The Labute approximate surface area is 83.9 Å². The Morgan fingerprint density at radius 2 is 1.79 bits per heavy atom. The molecule has 0 rings (SSSR count). The van der Waals surface area contributed by atoms with E-state index in [1.165, 1.54) is 0 Å². The van der Waals surface area contributed by atoms with Crippen LogP contribution in [-0.4, -0.2) is 29.9 Å². The van der Waals surface area contributed by atoms with Crippen LogP contribution in [0.2, 0.25) is 0 Å². The van der Waals surface area contributed by atoms with Gasteiger partial charge in [0.1, 0.15) is 0 Å². The summed E-state index contributed by atoms with van der Waals surface area (Å²) >= 11 is 0. The van der Waals surface area contributed by atoms with E-state index in [1.807, 2.05) is 0 Å². The van der Waals surface area contributed by atoms with Crippen LogP contribution in [0, 0.1) is 0 Å². The van der Waals surface area contributed by atoms with E-state index in [2.05, 4.69) is 0 Å². The summed E-state index contributed by atoms with van der Waals surface area (Å²) in [7, 11) is -3.25. The number of hydrogen-bond acceptors (Lipinski definition) is 4. The van der Waals surface area contributed by atoms with Gasteiger partial charge in [-0.15, -0.1) is 0 Å². The molecule has 6 heteroatoms. The molecular formula is C8H17O5P. The zero-order chi connectivity index (χ0) is 11.2. The van der Waals surface area contributed by atoms with Crippen molar-refractivity contribution in [1.82, 2.24) is 0 Å². The second-order valence-corrected chi connectivity index (χ2v) is 5.30. The van der Waals surface area contributed by atoms with Gasteiger partial charge in [-0.2, -0.15) is 0 Å². The highest BCUT2D eigenvalue weighted by molar-refractivity contribution is 7.54. The molecule has 0 heterocycles. The molecule has 0 aliphatic heterocycles. The molecule has 0 aromatic heterocycles. The summed E-state index contributed by atoms with van der Waals surface area (Å²) in [5.41, 5.74) is -0.611. The Bertz CT molecular complexity index is 218. The van der Waals surface area contributed by atoms with Crippen LogP contribution in [0.3, 0.4) is 0 Å². The van der Waals surface area contributed by atoms with Crippen molar-refractivity contribution in [3.05, 3.63) is 0 Å². The third-order valence-electron chi connectivity index (χ3n) is 1.63. The van der Waals surface area contributed by atoms with Gasteiger partial charge in [0, 0.05) is 0 Å². The molecule has 0 fully saturated rings. The standard InChI is InChI=1S/C8H17O5P/c1-4-12-14(11,13-5-2)7(3)6-8(9)10/h7H,4-6H2,1-3H3,(H,9,10). The second-order valence-electron chi connectivity index (χ2n) is 2.82. The number of carboxylic acid groups (broad SMARTS) is 1. The maximum Gasteiger partial charge on any atom is 0.334 e. The highest BCUT2D eigenvalue weighted by Crippen LogP contribution is 2.53. The van der Waals surface area contributed by atoms with E-state index in [4.69, 9.17) is 14.2 Å². The van der Waals surface area contributed by atoms with E-state index >= 15 is 0 Å². The van der Waals surface area contributed by atoms with Crippen molar-refractivity contribution in [3.63, 3.8) is 0 Å². The molecule has 0 radical (unpaired) electrons. The molecule has 14 heavy (non-hydrogen) atoms. The normalized spacial score (nSPS) is 13.9. The molecule has 84 valence electrons. The highest BCUT2D eigenvalue weighted by atomic mass is 31.2. The minimum atomic E-state index is -3.25. The summed E-state index contributed by atoms with van der Waals surface area (Å²) in [6.07, 6.45) is -0.211. The van der Waals surface area contributed by atoms with Crippen LogP contribution < -0.4 is 0 Å². The Morgan fingerprint density at radius 3 is 2.07 bits per heavy atom. The predicted octanol–water partition coefficient (Wildman–Crippen LogP) is 2.12. The Hall–Kier alpha value is -0.380. The fourth-order valence-electron chi connectivity index (χ4n) is 1.02. The molecule has 1 unspecified atom stereocenters. The number of hydrogen-bond donors (Lipinski definition) is 1. The molecule has 0 aromatic rings. The fraction of sp³-hybridized carbons (Fsp3) is 0.875. The van der Waals surface area contributed by atoms with E-state index < -0.39 is 19.2 Å². The molecular weight excluding hydrogens is 207 g/mol. The van der Waals surface area contributed by atoms with Gasteiger partial charge in [-0.25, -0.2) is 0 Å². The summed E-state index contributed by atoms with van der Waals surface area (Å²) in [5, 5.41) is 8.55. The van der Waals surface area contributed by atoms with Crippen LogP contribution in [0.1, 0.15) is 27.2 Å². The van der Waals surface area contributed by atoms with Crippen molar-refractivity contribution < 1.29 is 23.5 Å². The zero-order valence-electron chi connectivity index (χ0n) is 8.73. The van der Waals surface area contributed by atoms with Gasteiger partial charge in [0.25, 0.3) is 0 Å². The van der Waals surface area contributed by atoms with E-state index in [-0.39, 0.29) is 19.6 Å². The van der Waals surface area contributed by atoms with E-state index in [0.29, 0.717) is 0 Å². The summed E-state index contributed by atoms with van der Waals surface area (Å²) in [5.74, 6) is -1.00. The molecule has 0 amide bonds. The first kappa shape index (κ1) is 13.6. The Kier molecular flexibility index (Phi) is 6.00. The van der Waals surface area contributed by atoms with Crippen molar-refractivity contribution in [2.24, 2.45) is 0 Å². The minimum Gasteiger partial charge on any atom is -0.481 e. The number of aliphatic carboxylic acids is 1. The van der Waals surface area contributed by atoms with Crippen LogP contribution in [0.4, 0.5) is 0 Å². The SMILES string of the molecule is CCOP(=O)(OCC)C(C)CC(=O)O. The summed E-state index contributed by atoms with van der Waals surface area (Å²) in [4.78, 5) is 10.4. The first-order chi connectivity index (χ1) is 6.46. The van der Waals surface area contributed by atoms with Crippen LogP contribution in [0.25, 0.3) is 0 Å². The topological polar surface area (TPSA) is 72.8 Å². The summed E-state index contributed by atoms with van der Waals surface area (Å²) < 4.78 is 21.9. The lowest BCUT2D eigenvalue weighted by Crippen LogP contribution is -2.14. The van der Waals surface area contributed by atoms with Crippen LogP contribution in [0.5, 0.6) is 0 Å². The smallest absolute Gasteiger partial charge is 0.334 e. The van der Waals surface area contributed by atoms with Gasteiger partial charge in [0.05, 0.1) is 25.3 Å². The van der Waals surface area contributed by atoms with E-state index in [1.54, 1.807) is 20.8 Å². The van der Waals surface area contributed by atoms with Gasteiger partial charge in [0.2, 0.25) is 0 Å². The molecule has 0 saturated carbocycles. The number of carbonyl (C=O) groups is 1. The van der Waals surface area contributed by atoms with Gasteiger partial charge in [0.15, 0.2) is 0 Å². The van der Waals surface area contributed by atoms with E-state index in [0.717, 1.165) is 0 Å². The Balaban J connectivity index is 4.46. The molecule has 5 nitrogen and oxygen atoms in total. The number of carboxylic acids is 1. The monoisotopic (exact) mass is 224 g/mol. The highest BCUT2D eigenvalue weighted by Gasteiger charge is 2.33. The predicted molar refractivity (Wildman–Crippen MR) is 52.6 cm³/mol. The average molecular weight is 224 g/mol. The van der Waals surface area contributed by atoms with Crippen molar-refractivity contribution >= 4 is 13.6 Å². The maximum atomic E-state index is 11.9. The summed E-state index contributed by atoms with van der Waals surface area (Å²) in [6.45, 7) is 5.45. The molecule has 0 bridgehead atoms. The Morgan fingerprint density at radius 1 is 1.36 bits per heavy atom. The molecule has 0 aromatic carbocycles. The van der Waals surface area contributed by atoms with Crippen LogP contribution >= 0.6 is 7.60 Å². The lowest BCUT2D eigenvalue weighted by Gasteiger charge is -2.21. The lowest BCUT2D eigenvalue weighted by molar-refractivity contribution is -0.137. The minimum absolute atomic E-state index is 0.211. The summed E-state index contributed by atoms with van der Waals surface area (Å²) in [6, 6.07) is 0. The second kappa shape index (κ2) is 6.17. The van der Waals surface area contributed by atoms with Crippen molar-refractivity contribution in [3.8, 4) is 0 Å². The van der Waals surface area contributed by atoms with Gasteiger partial charge in [-0.1, -0.05) is 6.92 Å².